The summed E-state index contributed by atoms with van der Waals surface area (Å²) in [4.78, 5) is 13.0. The lowest BCUT2D eigenvalue weighted by molar-refractivity contribution is 0.226. The van der Waals surface area contributed by atoms with Gasteiger partial charge in [-0.3, -0.25) is 0 Å². The number of anilines is 1. The third-order valence-corrected chi connectivity index (χ3v) is 7.30. The fourth-order valence-corrected chi connectivity index (χ4v) is 5.23. The van der Waals surface area contributed by atoms with E-state index in [0.717, 1.165) is 23.9 Å². The van der Waals surface area contributed by atoms with E-state index in [1.165, 1.54) is 49.0 Å². The van der Waals surface area contributed by atoms with Crippen molar-refractivity contribution in [3.05, 3.63) is 42.2 Å². The first-order chi connectivity index (χ1) is 12.9. The lowest BCUT2D eigenvalue weighted by Gasteiger charge is -2.39. The van der Waals surface area contributed by atoms with Crippen LogP contribution >= 0.6 is 11.8 Å². The Hall–Kier alpha value is -1.55. The second kappa shape index (κ2) is 7.46. The Morgan fingerprint density at radius 2 is 1.56 bits per heavy atom. The Morgan fingerprint density at radius 1 is 0.889 bits per heavy atom. The highest BCUT2D eigenvalue weighted by Gasteiger charge is 2.37. The van der Waals surface area contributed by atoms with Crippen molar-refractivity contribution in [3.63, 3.8) is 0 Å². The summed E-state index contributed by atoms with van der Waals surface area (Å²) in [6, 6.07) is 8.81. The van der Waals surface area contributed by atoms with E-state index in [9.17, 15) is 0 Å². The summed E-state index contributed by atoms with van der Waals surface area (Å²) in [6.07, 6.45) is 12.3. The molecule has 0 radical (unpaired) electrons. The second-order valence-corrected chi connectivity index (χ2v) is 10.4. The molecule has 2 aromatic rings. The number of rotatable bonds is 3. The average Bonchev–Trinajstić information content (AvgIpc) is 3.11. The van der Waals surface area contributed by atoms with Gasteiger partial charge in [-0.25, -0.2) is 9.97 Å². The molecule has 0 atom stereocenters. The van der Waals surface area contributed by atoms with Gasteiger partial charge in [0.25, 0.3) is 0 Å². The van der Waals surface area contributed by atoms with E-state index < -0.39 is 0 Å². The predicted molar refractivity (Wildman–Crippen MR) is 114 cm³/mol. The van der Waals surface area contributed by atoms with Crippen molar-refractivity contribution in [3.8, 4) is 0 Å². The Labute approximate surface area is 168 Å². The SMILES string of the molecule is CC(C)(C)c1ccc(Sc2cnc(N3CCC4(CCCC4)CC3)cn2)cc1. The van der Waals surface area contributed by atoms with Crippen molar-refractivity contribution in [2.45, 2.75) is 74.6 Å². The van der Waals surface area contributed by atoms with Crippen LogP contribution < -0.4 is 4.90 Å². The molecule has 0 N–H and O–H groups in total. The molecule has 2 heterocycles. The van der Waals surface area contributed by atoms with Crippen molar-refractivity contribution in [2.24, 2.45) is 5.41 Å². The minimum atomic E-state index is 0.191. The molecule has 4 rings (SSSR count). The van der Waals surface area contributed by atoms with Gasteiger partial charge in [-0.15, -0.1) is 0 Å². The molecule has 3 nitrogen and oxygen atoms in total. The third-order valence-electron chi connectivity index (χ3n) is 6.37. The first-order valence-corrected chi connectivity index (χ1v) is 11.1. The van der Waals surface area contributed by atoms with E-state index in [1.807, 2.05) is 12.4 Å². The quantitative estimate of drug-likeness (QED) is 0.644. The van der Waals surface area contributed by atoms with Crippen LogP contribution in [0.15, 0.2) is 46.6 Å². The van der Waals surface area contributed by atoms with Crippen molar-refractivity contribution in [1.29, 1.82) is 0 Å². The van der Waals surface area contributed by atoms with Gasteiger partial charge in [0.05, 0.1) is 12.4 Å². The number of piperidine rings is 1. The van der Waals surface area contributed by atoms with E-state index in [0.29, 0.717) is 5.41 Å². The summed E-state index contributed by atoms with van der Waals surface area (Å²) in [7, 11) is 0. The standard InChI is InChI=1S/C23H31N3S/c1-22(2,3)18-6-8-19(9-7-18)27-21-17-24-20(16-25-21)26-14-12-23(13-15-26)10-4-5-11-23/h6-9,16-17H,4-5,10-15H2,1-3H3. The van der Waals surface area contributed by atoms with Crippen molar-refractivity contribution < 1.29 is 0 Å². The second-order valence-electron chi connectivity index (χ2n) is 9.28. The topological polar surface area (TPSA) is 29.0 Å². The summed E-state index contributed by atoms with van der Waals surface area (Å²) >= 11 is 1.69. The van der Waals surface area contributed by atoms with Crippen LogP contribution in [-0.2, 0) is 5.41 Å². The van der Waals surface area contributed by atoms with Crippen LogP contribution in [0.25, 0.3) is 0 Å². The predicted octanol–water partition coefficient (Wildman–Crippen LogP) is 6.09. The number of nitrogens with zero attached hydrogens (tertiary/aromatic N) is 3. The summed E-state index contributed by atoms with van der Waals surface area (Å²) < 4.78 is 0. The monoisotopic (exact) mass is 381 g/mol. The van der Waals surface area contributed by atoms with Crippen LogP contribution in [0.5, 0.6) is 0 Å². The van der Waals surface area contributed by atoms with Gasteiger partial charge in [-0.1, -0.05) is 57.5 Å². The zero-order valence-corrected chi connectivity index (χ0v) is 17.7. The van der Waals surface area contributed by atoms with E-state index >= 15 is 0 Å². The average molecular weight is 382 g/mol. The molecule has 1 saturated heterocycles. The van der Waals surface area contributed by atoms with Gasteiger partial charge < -0.3 is 4.90 Å². The van der Waals surface area contributed by atoms with E-state index in [-0.39, 0.29) is 5.41 Å². The van der Waals surface area contributed by atoms with E-state index in [4.69, 9.17) is 4.98 Å². The largest absolute Gasteiger partial charge is 0.355 e. The fraction of sp³-hybridized carbons (Fsp3) is 0.565. The van der Waals surface area contributed by atoms with Crippen LogP contribution in [0, 0.1) is 5.41 Å². The van der Waals surface area contributed by atoms with Crippen LogP contribution in [0.2, 0.25) is 0 Å². The summed E-state index contributed by atoms with van der Waals surface area (Å²) in [5.74, 6) is 1.04. The molecule has 1 aromatic heterocycles. The molecule has 0 bridgehead atoms. The van der Waals surface area contributed by atoms with Crippen LogP contribution in [0.1, 0.15) is 64.9 Å². The van der Waals surface area contributed by atoms with Crippen molar-refractivity contribution in [1.82, 2.24) is 9.97 Å². The lowest BCUT2D eigenvalue weighted by Crippen LogP contribution is -2.39. The maximum Gasteiger partial charge on any atom is 0.147 e. The maximum absolute atomic E-state index is 4.71. The molecule has 1 aliphatic carbocycles. The minimum absolute atomic E-state index is 0.191. The summed E-state index contributed by atoms with van der Waals surface area (Å²) in [6.45, 7) is 9.00. The molecule has 1 aliphatic heterocycles. The number of hydrogen-bond donors (Lipinski definition) is 0. The Kier molecular flexibility index (Phi) is 5.19. The molecular formula is C23H31N3S. The van der Waals surface area contributed by atoms with Gasteiger partial charge >= 0.3 is 0 Å². The smallest absolute Gasteiger partial charge is 0.147 e. The van der Waals surface area contributed by atoms with Gasteiger partial charge in [0.2, 0.25) is 0 Å². The van der Waals surface area contributed by atoms with Crippen molar-refractivity contribution >= 4 is 17.6 Å². The normalized spacial score (nSPS) is 19.6. The van der Waals surface area contributed by atoms with E-state index in [1.54, 1.807) is 11.8 Å². The molecule has 1 saturated carbocycles. The Morgan fingerprint density at radius 3 is 2.11 bits per heavy atom. The number of benzene rings is 1. The first-order valence-electron chi connectivity index (χ1n) is 10.3. The van der Waals surface area contributed by atoms with Gasteiger partial charge in [0, 0.05) is 18.0 Å². The molecule has 0 unspecified atom stereocenters. The minimum Gasteiger partial charge on any atom is -0.355 e. The molecule has 1 aromatic carbocycles. The molecule has 0 amide bonds. The Balaban J connectivity index is 1.36. The zero-order chi connectivity index (χ0) is 18.9. The van der Waals surface area contributed by atoms with Gasteiger partial charge in [-0.2, -0.15) is 0 Å². The highest BCUT2D eigenvalue weighted by atomic mass is 32.2. The highest BCUT2D eigenvalue weighted by molar-refractivity contribution is 7.99. The third kappa shape index (κ3) is 4.31. The lowest BCUT2D eigenvalue weighted by atomic mass is 9.77. The molecule has 4 heteroatoms. The van der Waals surface area contributed by atoms with Gasteiger partial charge in [0.1, 0.15) is 10.8 Å². The molecule has 27 heavy (non-hydrogen) atoms. The molecule has 2 aliphatic rings. The van der Waals surface area contributed by atoms with Crippen LogP contribution in [0.4, 0.5) is 5.82 Å². The highest BCUT2D eigenvalue weighted by Crippen LogP contribution is 2.46. The van der Waals surface area contributed by atoms with E-state index in [2.05, 4.69) is 54.9 Å². The maximum atomic E-state index is 4.71. The molecule has 144 valence electrons. The summed E-state index contributed by atoms with van der Waals surface area (Å²) in [5, 5.41) is 0.964. The number of hydrogen-bond acceptors (Lipinski definition) is 4. The fourth-order valence-electron chi connectivity index (χ4n) is 4.50. The first kappa shape index (κ1) is 18.8. The molecule has 2 fully saturated rings. The van der Waals surface area contributed by atoms with Crippen LogP contribution in [-0.4, -0.2) is 23.1 Å². The molecule has 1 spiro atoms. The number of aromatic nitrogens is 2. The van der Waals surface area contributed by atoms with Gasteiger partial charge in [-0.05, 0) is 54.2 Å². The summed E-state index contributed by atoms with van der Waals surface area (Å²) in [5.41, 5.74) is 2.20. The van der Waals surface area contributed by atoms with Crippen LogP contribution in [0.3, 0.4) is 0 Å². The van der Waals surface area contributed by atoms with Gasteiger partial charge in [0.15, 0.2) is 0 Å². The zero-order valence-electron chi connectivity index (χ0n) is 16.9. The Bertz CT molecular complexity index is 746. The molecular weight excluding hydrogens is 350 g/mol. The van der Waals surface area contributed by atoms with Crippen molar-refractivity contribution in [2.75, 3.05) is 18.0 Å².